The van der Waals surface area contributed by atoms with E-state index in [-0.39, 0.29) is 17.9 Å². The van der Waals surface area contributed by atoms with E-state index in [2.05, 4.69) is 13.8 Å². The van der Waals surface area contributed by atoms with Crippen LogP contribution in [0.5, 0.6) is 11.5 Å². The van der Waals surface area contributed by atoms with E-state index >= 15 is 0 Å². The lowest BCUT2D eigenvalue weighted by atomic mass is 9.95. The van der Waals surface area contributed by atoms with Crippen molar-refractivity contribution in [1.29, 1.82) is 0 Å². The van der Waals surface area contributed by atoms with Gasteiger partial charge in [0, 0.05) is 6.07 Å². The number of carbonyl (C=O) groups is 1. The Kier molecular flexibility index (Phi) is 12.4. The monoisotopic (exact) mass is 460 g/mol. The number of unbranched alkanes of at least 4 members (excludes halogenated alkanes) is 8. The van der Waals surface area contributed by atoms with Crippen molar-refractivity contribution in [3.8, 4) is 11.5 Å². The topological polar surface area (TPSA) is 86.0 Å². The second kappa shape index (κ2) is 15.4. The van der Waals surface area contributed by atoms with E-state index in [4.69, 9.17) is 13.9 Å². The first-order valence-corrected chi connectivity index (χ1v) is 12.6. The summed E-state index contributed by atoms with van der Waals surface area (Å²) in [5, 5.41) is 10.2. The minimum absolute atomic E-state index is 0.150. The van der Waals surface area contributed by atoms with Crippen LogP contribution < -0.4 is 10.4 Å². The molecule has 0 aliphatic heterocycles. The summed E-state index contributed by atoms with van der Waals surface area (Å²) in [4.78, 5) is 23.7. The van der Waals surface area contributed by atoms with Gasteiger partial charge in [-0.1, -0.05) is 78.1 Å². The predicted molar refractivity (Wildman–Crippen MR) is 131 cm³/mol. The van der Waals surface area contributed by atoms with Gasteiger partial charge < -0.3 is 19.0 Å². The summed E-state index contributed by atoms with van der Waals surface area (Å²) in [5.74, 6) is 0.211. The molecule has 0 aliphatic rings. The molecule has 6 heteroatoms. The van der Waals surface area contributed by atoms with E-state index in [1.54, 1.807) is 12.1 Å². The molecule has 1 aromatic carbocycles. The number of carbonyl (C=O) groups excluding carboxylic acids is 1. The highest BCUT2D eigenvalue weighted by Crippen LogP contribution is 2.26. The fourth-order valence-electron chi connectivity index (χ4n) is 3.99. The number of hydrogen-bond acceptors (Lipinski definition) is 6. The second-order valence-electron chi connectivity index (χ2n) is 8.85. The molecular formula is C27H40O6. The Balaban J connectivity index is 1.78. The Bertz CT molecular complexity index is 888. The molecular weight excluding hydrogens is 420 g/mol. The molecule has 0 saturated heterocycles. The average Bonchev–Trinajstić information content (AvgIpc) is 2.80. The average molecular weight is 461 g/mol. The molecule has 1 aromatic heterocycles. The summed E-state index contributed by atoms with van der Waals surface area (Å²) in [5.41, 5.74) is -0.441. The summed E-state index contributed by atoms with van der Waals surface area (Å²) >= 11 is 0. The third kappa shape index (κ3) is 10.3. The van der Waals surface area contributed by atoms with Crippen LogP contribution in [0.15, 0.2) is 33.5 Å². The highest BCUT2D eigenvalue weighted by Gasteiger charge is 2.13. The van der Waals surface area contributed by atoms with Crippen molar-refractivity contribution in [2.45, 2.75) is 90.9 Å². The van der Waals surface area contributed by atoms with Crippen molar-refractivity contribution in [2.75, 3.05) is 13.2 Å². The Labute approximate surface area is 197 Å². The number of aromatic hydroxyl groups is 1. The number of fused-ring (bicyclic) bond motifs is 1. The van der Waals surface area contributed by atoms with E-state index in [0.717, 1.165) is 18.9 Å². The molecule has 6 nitrogen and oxygen atoms in total. The number of rotatable bonds is 17. The lowest BCUT2D eigenvalue weighted by molar-refractivity contribution is -0.147. The molecule has 1 N–H and O–H groups in total. The number of benzene rings is 1. The SMILES string of the molecule is CCCCCCCCC(CCCCCC)COC(=O)COc1ccc2c(O)cc(=O)oc2c1. The molecule has 2 rings (SSSR count). The van der Waals surface area contributed by atoms with Crippen molar-refractivity contribution >= 4 is 16.9 Å². The van der Waals surface area contributed by atoms with Gasteiger partial charge in [0.15, 0.2) is 6.61 Å². The third-order valence-corrected chi connectivity index (χ3v) is 5.96. The largest absolute Gasteiger partial charge is 0.507 e. The van der Waals surface area contributed by atoms with Crippen LogP contribution >= 0.6 is 0 Å². The summed E-state index contributed by atoms with van der Waals surface area (Å²) < 4.78 is 16.1. The van der Waals surface area contributed by atoms with Gasteiger partial charge in [-0.3, -0.25) is 0 Å². The van der Waals surface area contributed by atoms with Gasteiger partial charge in [-0.2, -0.15) is 0 Å². The molecule has 0 amide bonds. The Hall–Kier alpha value is -2.50. The van der Waals surface area contributed by atoms with Crippen molar-refractivity contribution in [1.82, 2.24) is 0 Å². The maximum atomic E-state index is 12.3. The molecule has 33 heavy (non-hydrogen) atoms. The molecule has 2 aromatic rings. The fourth-order valence-corrected chi connectivity index (χ4v) is 3.99. The smallest absolute Gasteiger partial charge is 0.344 e. The molecule has 1 atom stereocenters. The number of ether oxygens (including phenoxy) is 2. The fraction of sp³-hybridized carbons (Fsp3) is 0.630. The first-order valence-electron chi connectivity index (χ1n) is 12.6. The van der Waals surface area contributed by atoms with Crippen LogP contribution in [0.3, 0.4) is 0 Å². The van der Waals surface area contributed by atoms with Gasteiger partial charge in [-0.05, 0) is 30.9 Å². The summed E-state index contributed by atoms with van der Waals surface area (Å²) in [6.07, 6.45) is 14.7. The van der Waals surface area contributed by atoms with Gasteiger partial charge in [0.25, 0.3) is 0 Å². The summed E-state index contributed by atoms with van der Waals surface area (Å²) in [7, 11) is 0. The Morgan fingerprint density at radius 1 is 0.939 bits per heavy atom. The molecule has 0 saturated carbocycles. The van der Waals surface area contributed by atoms with Gasteiger partial charge in [-0.15, -0.1) is 0 Å². The summed E-state index contributed by atoms with van der Waals surface area (Å²) in [6, 6.07) is 5.70. The van der Waals surface area contributed by atoms with Crippen LogP contribution in [0.2, 0.25) is 0 Å². The van der Waals surface area contributed by atoms with Crippen LogP contribution in [-0.2, 0) is 9.53 Å². The first-order chi connectivity index (χ1) is 16.0. The lowest BCUT2D eigenvalue weighted by Crippen LogP contribution is -2.19. The third-order valence-electron chi connectivity index (χ3n) is 5.96. The van der Waals surface area contributed by atoms with Gasteiger partial charge in [0.05, 0.1) is 18.1 Å². The molecule has 0 spiro atoms. The Morgan fingerprint density at radius 2 is 1.58 bits per heavy atom. The lowest BCUT2D eigenvalue weighted by Gasteiger charge is -2.17. The van der Waals surface area contributed by atoms with Crippen molar-refractivity contribution in [2.24, 2.45) is 5.92 Å². The maximum absolute atomic E-state index is 12.3. The van der Waals surface area contributed by atoms with E-state index in [9.17, 15) is 14.7 Å². The molecule has 0 radical (unpaired) electrons. The predicted octanol–water partition coefficient (Wildman–Crippen LogP) is 6.76. The molecule has 0 bridgehead atoms. The number of hydrogen-bond donors (Lipinski definition) is 1. The summed E-state index contributed by atoms with van der Waals surface area (Å²) in [6.45, 7) is 4.66. The molecule has 0 fully saturated rings. The van der Waals surface area contributed by atoms with E-state index in [1.807, 2.05) is 0 Å². The molecule has 1 unspecified atom stereocenters. The zero-order valence-electron chi connectivity index (χ0n) is 20.3. The minimum Gasteiger partial charge on any atom is -0.507 e. The van der Waals surface area contributed by atoms with Gasteiger partial charge in [0.1, 0.15) is 17.1 Å². The van der Waals surface area contributed by atoms with Crippen molar-refractivity contribution < 1.29 is 23.8 Å². The van der Waals surface area contributed by atoms with E-state index in [1.165, 1.54) is 70.3 Å². The maximum Gasteiger partial charge on any atom is 0.344 e. The quantitative estimate of drug-likeness (QED) is 0.159. The van der Waals surface area contributed by atoms with Crippen molar-refractivity contribution in [3.05, 3.63) is 34.7 Å². The van der Waals surface area contributed by atoms with Gasteiger partial charge >= 0.3 is 11.6 Å². The Morgan fingerprint density at radius 3 is 2.27 bits per heavy atom. The molecule has 184 valence electrons. The zero-order valence-corrected chi connectivity index (χ0v) is 20.3. The normalized spacial score (nSPS) is 12.1. The van der Waals surface area contributed by atoms with Gasteiger partial charge in [-0.25, -0.2) is 9.59 Å². The minimum atomic E-state index is -0.646. The van der Waals surface area contributed by atoms with Gasteiger partial charge in [0.2, 0.25) is 0 Å². The molecule has 0 aliphatic carbocycles. The number of esters is 1. The first kappa shape index (κ1) is 26.7. The van der Waals surface area contributed by atoms with Crippen LogP contribution in [0.1, 0.15) is 90.9 Å². The highest BCUT2D eigenvalue weighted by atomic mass is 16.6. The van der Waals surface area contributed by atoms with Crippen LogP contribution in [0, 0.1) is 5.92 Å². The van der Waals surface area contributed by atoms with Crippen LogP contribution in [0.25, 0.3) is 11.0 Å². The standard InChI is InChI=1S/C27H40O6/c1-3-5-7-9-10-12-14-21(13-11-8-6-4-2)19-32-27(30)20-31-22-15-16-23-24(28)18-26(29)33-25(23)17-22/h15-18,21,28H,3-14,19-20H2,1-2H3. The van der Waals surface area contributed by atoms with Crippen LogP contribution in [0.4, 0.5) is 0 Å². The highest BCUT2D eigenvalue weighted by molar-refractivity contribution is 5.84. The zero-order chi connectivity index (χ0) is 23.9. The van der Waals surface area contributed by atoms with E-state index < -0.39 is 11.6 Å². The van der Waals surface area contributed by atoms with E-state index in [0.29, 0.717) is 23.7 Å². The van der Waals surface area contributed by atoms with Crippen LogP contribution in [-0.4, -0.2) is 24.3 Å². The van der Waals surface area contributed by atoms with Crippen molar-refractivity contribution in [3.63, 3.8) is 0 Å². The molecule has 1 heterocycles. The second-order valence-corrected chi connectivity index (χ2v) is 8.85.